The number of rotatable bonds is 6. The molecule has 0 heterocycles. The van der Waals surface area contributed by atoms with E-state index >= 15 is 0 Å². The minimum absolute atomic E-state index is 0.0840. The molecule has 2 rings (SSSR count). The van der Waals surface area contributed by atoms with Gasteiger partial charge in [0.1, 0.15) is 0 Å². The van der Waals surface area contributed by atoms with Crippen molar-refractivity contribution >= 4 is 23.2 Å². The number of amides is 2. The Kier molecular flexibility index (Phi) is 6.48. The van der Waals surface area contributed by atoms with Crippen molar-refractivity contribution in [2.75, 3.05) is 24.2 Å². The van der Waals surface area contributed by atoms with Crippen LogP contribution < -0.4 is 10.6 Å². The highest BCUT2D eigenvalue weighted by Gasteiger charge is 2.20. The summed E-state index contributed by atoms with van der Waals surface area (Å²) >= 11 is 0. The molecule has 0 spiro atoms. The minimum atomic E-state index is -0.510. The molecule has 134 valence electrons. The third-order valence-corrected chi connectivity index (χ3v) is 4.03. The van der Waals surface area contributed by atoms with Gasteiger partial charge < -0.3 is 10.6 Å². The van der Waals surface area contributed by atoms with Gasteiger partial charge in [-0.25, -0.2) is 0 Å². The first kappa shape index (κ1) is 19.2. The van der Waals surface area contributed by atoms with E-state index in [4.69, 9.17) is 5.26 Å². The van der Waals surface area contributed by atoms with Crippen molar-refractivity contribution in [2.45, 2.75) is 19.9 Å². The zero-order valence-electron chi connectivity index (χ0n) is 15.1. The van der Waals surface area contributed by atoms with Gasteiger partial charge in [0, 0.05) is 11.4 Å². The SMILES string of the molecule is Cc1ccc(NC(=O)CN(C)[C@@H](C)C(=O)Nc2cccc(C#N)c2)cc1. The summed E-state index contributed by atoms with van der Waals surface area (Å²) in [4.78, 5) is 26.2. The lowest BCUT2D eigenvalue weighted by Gasteiger charge is -2.23. The Morgan fingerprint density at radius 2 is 1.81 bits per heavy atom. The molecular formula is C20H22N4O2. The van der Waals surface area contributed by atoms with Crippen LogP contribution in [0.2, 0.25) is 0 Å². The summed E-state index contributed by atoms with van der Waals surface area (Å²) in [6.07, 6.45) is 0. The molecule has 0 saturated carbocycles. The Hall–Kier alpha value is -3.17. The molecule has 2 aromatic rings. The van der Waals surface area contributed by atoms with Gasteiger partial charge >= 0.3 is 0 Å². The zero-order chi connectivity index (χ0) is 19.1. The summed E-state index contributed by atoms with van der Waals surface area (Å²) in [7, 11) is 1.71. The maximum atomic E-state index is 12.4. The third kappa shape index (κ3) is 5.43. The molecule has 0 bridgehead atoms. The number of aryl methyl sites for hydroxylation is 1. The predicted octanol–water partition coefficient (Wildman–Crippen LogP) is 2.76. The van der Waals surface area contributed by atoms with Gasteiger partial charge in [0.05, 0.1) is 24.2 Å². The van der Waals surface area contributed by atoms with E-state index in [1.54, 1.807) is 43.1 Å². The number of carbonyl (C=O) groups is 2. The standard InChI is InChI=1S/C20H22N4O2/c1-14-7-9-17(10-8-14)22-19(25)13-24(3)15(2)20(26)23-18-6-4-5-16(11-18)12-21/h4-11,15H,13H2,1-3H3,(H,22,25)(H,23,26)/t15-/m0/s1. The fraction of sp³-hybridized carbons (Fsp3) is 0.250. The van der Waals surface area contributed by atoms with Gasteiger partial charge in [-0.15, -0.1) is 0 Å². The van der Waals surface area contributed by atoms with E-state index in [-0.39, 0.29) is 18.4 Å². The molecule has 0 aliphatic carbocycles. The Morgan fingerprint density at radius 3 is 2.46 bits per heavy atom. The molecule has 0 radical (unpaired) electrons. The highest BCUT2D eigenvalue weighted by atomic mass is 16.2. The average molecular weight is 350 g/mol. The second kappa shape index (κ2) is 8.79. The first-order valence-electron chi connectivity index (χ1n) is 8.27. The summed E-state index contributed by atoms with van der Waals surface area (Å²) in [5.41, 5.74) is 2.87. The lowest BCUT2D eigenvalue weighted by atomic mass is 10.2. The van der Waals surface area contributed by atoms with E-state index in [0.717, 1.165) is 11.3 Å². The summed E-state index contributed by atoms with van der Waals surface area (Å²) in [5, 5.41) is 14.5. The number of anilines is 2. The summed E-state index contributed by atoms with van der Waals surface area (Å²) in [6, 6.07) is 15.7. The Labute approximate surface area is 153 Å². The number of nitriles is 1. The van der Waals surface area contributed by atoms with E-state index in [1.807, 2.05) is 37.3 Å². The van der Waals surface area contributed by atoms with Gasteiger partial charge in [-0.1, -0.05) is 23.8 Å². The molecule has 0 aromatic heterocycles. The smallest absolute Gasteiger partial charge is 0.241 e. The molecular weight excluding hydrogens is 328 g/mol. The maximum absolute atomic E-state index is 12.4. The monoisotopic (exact) mass is 350 g/mol. The topological polar surface area (TPSA) is 85.2 Å². The van der Waals surface area contributed by atoms with Crippen molar-refractivity contribution in [3.05, 3.63) is 59.7 Å². The number of hydrogen-bond acceptors (Lipinski definition) is 4. The molecule has 0 fully saturated rings. The highest BCUT2D eigenvalue weighted by Crippen LogP contribution is 2.12. The van der Waals surface area contributed by atoms with Crippen LogP contribution in [0.4, 0.5) is 11.4 Å². The average Bonchev–Trinajstić information content (AvgIpc) is 2.63. The van der Waals surface area contributed by atoms with Crippen LogP contribution in [0.15, 0.2) is 48.5 Å². The second-order valence-corrected chi connectivity index (χ2v) is 6.19. The van der Waals surface area contributed by atoms with Crippen molar-refractivity contribution in [3.8, 4) is 6.07 Å². The summed E-state index contributed by atoms with van der Waals surface area (Å²) in [5.74, 6) is -0.437. The van der Waals surface area contributed by atoms with Crippen LogP contribution in [0.3, 0.4) is 0 Å². The first-order valence-corrected chi connectivity index (χ1v) is 8.27. The minimum Gasteiger partial charge on any atom is -0.325 e. The molecule has 6 heteroatoms. The molecule has 0 aliphatic rings. The highest BCUT2D eigenvalue weighted by molar-refractivity contribution is 5.96. The van der Waals surface area contributed by atoms with Gasteiger partial charge in [0.2, 0.25) is 11.8 Å². The lowest BCUT2D eigenvalue weighted by Crippen LogP contribution is -2.43. The number of likely N-dealkylation sites (N-methyl/N-ethyl adjacent to an activating group) is 1. The Bertz CT molecular complexity index is 824. The fourth-order valence-corrected chi connectivity index (χ4v) is 2.31. The third-order valence-electron chi connectivity index (χ3n) is 4.03. The summed E-state index contributed by atoms with van der Waals surface area (Å²) in [6.45, 7) is 3.79. The van der Waals surface area contributed by atoms with Crippen LogP contribution in [0, 0.1) is 18.3 Å². The number of hydrogen-bond donors (Lipinski definition) is 2. The van der Waals surface area contributed by atoms with Crippen LogP contribution in [-0.4, -0.2) is 36.3 Å². The molecule has 2 aromatic carbocycles. The van der Waals surface area contributed by atoms with Crippen molar-refractivity contribution in [1.82, 2.24) is 4.90 Å². The molecule has 0 unspecified atom stereocenters. The maximum Gasteiger partial charge on any atom is 0.241 e. The normalized spacial score (nSPS) is 11.5. The van der Waals surface area contributed by atoms with Gasteiger partial charge in [-0.05, 0) is 51.2 Å². The molecule has 6 nitrogen and oxygen atoms in total. The van der Waals surface area contributed by atoms with Gasteiger partial charge in [0.15, 0.2) is 0 Å². The first-order chi connectivity index (χ1) is 12.4. The van der Waals surface area contributed by atoms with E-state index in [1.165, 1.54) is 0 Å². The molecule has 0 saturated heterocycles. The van der Waals surface area contributed by atoms with Gasteiger partial charge in [-0.3, -0.25) is 14.5 Å². The fourth-order valence-electron chi connectivity index (χ4n) is 2.31. The van der Waals surface area contributed by atoms with Crippen molar-refractivity contribution in [2.24, 2.45) is 0 Å². The van der Waals surface area contributed by atoms with Crippen LogP contribution in [0.1, 0.15) is 18.1 Å². The van der Waals surface area contributed by atoms with Crippen molar-refractivity contribution in [3.63, 3.8) is 0 Å². The second-order valence-electron chi connectivity index (χ2n) is 6.19. The van der Waals surface area contributed by atoms with E-state index in [9.17, 15) is 9.59 Å². The van der Waals surface area contributed by atoms with Crippen LogP contribution in [-0.2, 0) is 9.59 Å². The number of nitrogens with one attached hydrogen (secondary N) is 2. The molecule has 26 heavy (non-hydrogen) atoms. The Morgan fingerprint density at radius 1 is 1.12 bits per heavy atom. The van der Waals surface area contributed by atoms with Crippen molar-refractivity contribution in [1.29, 1.82) is 5.26 Å². The number of benzene rings is 2. The number of carbonyl (C=O) groups excluding carboxylic acids is 2. The van der Waals surface area contributed by atoms with Crippen LogP contribution >= 0.6 is 0 Å². The lowest BCUT2D eigenvalue weighted by molar-refractivity contribution is -0.122. The molecule has 2 N–H and O–H groups in total. The quantitative estimate of drug-likeness (QED) is 0.839. The van der Waals surface area contributed by atoms with E-state index in [0.29, 0.717) is 11.3 Å². The van der Waals surface area contributed by atoms with E-state index in [2.05, 4.69) is 10.6 Å². The van der Waals surface area contributed by atoms with Gasteiger partial charge in [0.25, 0.3) is 0 Å². The van der Waals surface area contributed by atoms with E-state index < -0.39 is 6.04 Å². The van der Waals surface area contributed by atoms with Crippen LogP contribution in [0.5, 0.6) is 0 Å². The molecule has 2 amide bonds. The summed E-state index contributed by atoms with van der Waals surface area (Å²) < 4.78 is 0. The largest absolute Gasteiger partial charge is 0.325 e. The molecule has 0 aliphatic heterocycles. The molecule has 1 atom stereocenters. The number of nitrogens with zero attached hydrogens (tertiary/aromatic N) is 2. The van der Waals surface area contributed by atoms with Crippen LogP contribution in [0.25, 0.3) is 0 Å². The zero-order valence-corrected chi connectivity index (χ0v) is 15.1. The van der Waals surface area contributed by atoms with Gasteiger partial charge in [-0.2, -0.15) is 5.26 Å². The van der Waals surface area contributed by atoms with Crippen molar-refractivity contribution < 1.29 is 9.59 Å². The Balaban J connectivity index is 1.90. The predicted molar refractivity (Wildman–Crippen MR) is 102 cm³/mol.